The maximum absolute atomic E-state index is 6.25. The van der Waals surface area contributed by atoms with Crippen molar-refractivity contribution >= 4 is 27.8 Å². The molecule has 1 aliphatic heterocycles. The van der Waals surface area contributed by atoms with Gasteiger partial charge in [0.2, 0.25) is 0 Å². The van der Waals surface area contributed by atoms with E-state index in [1.807, 2.05) is 24.4 Å². The monoisotopic (exact) mass is 508 g/mol. The third-order valence-electron chi connectivity index (χ3n) is 7.83. The van der Waals surface area contributed by atoms with Crippen LogP contribution in [0.2, 0.25) is 0 Å². The predicted octanol–water partition coefficient (Wildman–Crippen LogP) is 5.03. The number of benzene rings is 1. The van der Waals surface area contributed by atoms with Crippen LogP contribution in [0, 0.1) is 0 Å². The Kier molecular flexibility index (Phi) is 5.92. The minimum absolute atomic E-state index is 0.278. The van der Waals surface area contributed by atoms with Crippen LogP contribution in [0.15, 0.2) is 48.8 Å². The van der Waals surface area contributed by atoms with Crippen LogP contribution in [0.4, 0.5) is 5.69 Å². The van der Waals surface area contributed by atoms with Gasteiger partial charge in [0, 0.05) is 37.9 Å². The first-order valence-electron chi connectivity index (χ1n) is 13.6. The smallest absolute Gasteiger partial charge is 0.161 e. The molecule has 0 spiro atoms. The Hall–Kier alpha value is -3.98. The number of hydrogen-bond donors (Lipinski definition) is 2. The third-order valence-corrected chi connectivity index (χ3v) is 7.83. The summed E-state index contributed by atoms with van der Waals surface area (Å²) in [6, 6.07) is 12.4. The Balaban J connectivity index is 1.22. The summed E-state index contributed by atoms with van der Waals surface area (Å²) in [5, 5.41) is 7.73. The molecule has 0 bridgehead atoms. The molecule has 2 fully saturated rings. The number of fused-ring (bicyclic) bond motifs is 2. The number of anilines is 1. The van der Waals surface area contributed by atoms with E-state index in [9.17, 15) is 0 Å². The van der Waals surface area contributed by atoms with Crippen molar-refractivity contribution in [3.05, 3.63) is 48.8 Å². The van der Waals surface area contributed by atoms with Gasteiger partial charge in [0.15, 0.2) is 11.5 Å². The lowest BCUT2D eigenvalue weighted by Gasteiger charge is -2.34. The SMILES string of the molecule is CN1CCN(c2cccc3[nH]c(-c4n[nH]c5ccc(-c6cncc(OC7CCCCC7)c6)nc45)nc23)CC1. The van der Waals surface area contributed by atoms with E-state index in [2.05, 4.69) is 55.2 Å². The van der Waals surface area contributed by atoms with Gasteiger partial charge in [-0.1, -0.05) is 12.5 Å². The molecular weight excluding hydrogens is 476 g/mol. The summed E-state index contributed by atoms with van der Waals surface area (Å²) in [5.41, 5.74) is 7.24. The number of H-pyrrole nitrogens is 2. The molecule has 1 aliphatic carbocycles. The molecule has 1 saturated heterocycles. The minimum Gasteiger partial charge on any atom is -0.489 e. The number of aromatic amines is 2. The number of aromatic nitrogens is 6. The van der Waals surface area contributed by atoms with Crippen LogP contribution < -0.4 is 9.64 Å². The quantitative estimate of drug-likeness (QED) is 0.344. The molecule has 0 radical (unpaired) electrons. The summed E-state index contributed by atoms with van der Waals surface area (Å²) in [6.07, 6.45) is 9.91. The van der Waals surface area contributed by atoms with Crippen molar-refractivity contribution in [2.45, 2.75) is 38.2 Å². The zero-order valence-corrected chi connectivity index (χ0v) is 21.7. The van der Waals surface area contributed by atoms with E-state index in [4.69, 9.17) is 14.7 Å². The average Bonchev–Trinajstić information content (AvgIpc) is 3.58. The fourth-order valence-corrected chi connectivity index (χ4v) is 5.66. The van der Waals surface area contributed by atoms with E-state index in [1.54, 1.807) is 6.20 Å². The van der Waals surface area contributed by atoms with Crippen LogP contribution in [0.5, 0.6) is 5.75 Å². The number of para-hydroxylation sites is 1. The number of nitrogens with zero attached hydrogens (tertiary/aromatic N) is 6. The minimum atomic E-state index is 0.278. The summed E-state index contributed by atoms with van der Waals surface area (Å²) in [5.74, 6) is 1.52. The van der Waals surface area contributed by atoms with Gasteiger partial charge >= 0.3 is 0 Å². The molecule has 0 unspecified atom stereocenters. The number of ether oxygens (including phenoxy) is 1. The highest BCUT2D eigenvalue weighted by atomic mass is 16.5. The fraction of sp³-hybridized carbons (Fsp3) is 0.379. The van der Waals surface area contributed by atoms with Crippen molar-refractivity contribution < 1.29 is 4.74 Å². The fourth-order valence-electron chi connectivity index (χ4n) is 5.66. The number of imidazole rings is 1. The lowest BCUT2D eigenvalue weighted by molar-refractivity contribution is 0.154. The topological polar surface area (TPSA) is 98.8 Å². The molecule has 9 heteroatoms. The van der Waals surface area contributed by atoms with Gasteiger partial charge < -0.3 is 19.5 Å². The molecule has 9 nitrogen and oxygen atoms in total. The third kappa shape index (κ3) is 4.36. The van der Waals surface area contributed by atoms with E-state index in [-0.39, 0.29) is 6.10 Å². The number of piperazine rings is 1. The highest BCUT2D eigenvalue weighted by Crippen LogP contribution is 2.32. The Bertz CT molecular complexity index is 1580. The molecule has 38 heavy (non-hydrogen) atoms. The maximum atomic E-state index is 6.25. The summed E-state index contributed by atoms with van der Waals surface area (Å²) in [7, 11) is 2.17. The Morgan fingerprint density at radius 1 is 0.895 bits per heavy atom. The molecule has 2 aliphatic rings. The van der Waals surface area contributed by atoms with Crippen molar-refractivity contribution in [3.8, 4) is 28.5 Å². The molecule has 1 saturated carbocycles. The van der Waals surface area contributed by atoms with Crippen LogP contribution in [-0.2, 0) is 0 Å². The van der Waals surface area contributed by atoms with E-state index >= 15 is 0 Å². The standard InChI is InChI=1S/C29H32N8O/c1-36-12-14-37(15-13-36)25-9-5-8-23-26(25)33-29(32-23)28-27-24(34-35-28)11-10-22(31-27)19-16-21(18-30-17-19)38-20-6-3-2-4-7-20/h5,8-11,16-18,20H,2-4,6-7,12-15H2,1H3,(H,32,33)(H,34,35). The number of pyridine rings is 2. The van der Waals surface area contributed by atoms with Gasteiger partial charge in [0.1, 0.15) is 16.8 Å². The summed E-state index contributed by atoms with van der Waals surface area (Å²) in [6.45, 7) is 4.08. The number of hydrogen-bond acceptors (Lipinski definition) is 7. The zero-order chi connectivity index (χ0) is 25.5. The van der Waals surface area contributed by atoms with Crippen LogP contribution in [-0.4, -0.2) is 74.4 Å². The molecule has 0 atom stereocenters. The van der Waals surface area contributed by atoms with Gasteiger partial charge in [-0.3, -0.25) is 10.1 Å². The van der Waals surface area contributed by atoms with Crippen LogP contribution in [0.1, 0.15) is 32.1 Å². The van der Waals surface area contributed by atoms with Crippen LogP contribution >= 0.6 is 0 Å². The Labute approximate surface area is 221 Å². The molecule has 4 aromatic heterocycles. The van der Waals surface area contributed by atoms with Crippen molar-refractivity contribution in [2.24, 2.45) is 0 Å². The molecular formula is C29H32N8O. The van der Waals surface area contributed by atoms with Gasteiger partial charge in [0.25, 0.3) is 0 Å². The first-order valence-corrected chi connectivity index (χ1v) is 13.6. The summed E-state index contributed by atoms with van der Waals surface area (Å²) < 4.78 is 6.25. The largest absolute Gasteiger partial charge is 0.489 e. The molecule has 0 amide bonds. The van der Waals surface area contributed by atoms with Crippen molar-refractivity contribution in [1.29, 1.82) is 0 Å². The summed E-state index contributed by atoms with van der Waals surface area (Å²) in [4.78, 5) is 22.7. The lowest BCUT2D eigenvalue weighted by atomic mass is 9.98. The first-order chi connectivity index (χ1) is 18.7. The normalized spacial score (nSPS) is 17.4. The Morgan fingerprint density at radius 3 is 2.63 bits per heavy atom. The second kappa shape index (κ2) is 9.72. The van der Waals surface area contributed by atoms with Gasteiger partial charge in [-0.25, -0.2) is 9.97 Å². The Morgan fingerprint density at radius 2 is 1.76 bits per heavy atom. The number of rotatable bonds is 5. The predicted molar refractivity (Wildman–Crippen MR) is 149 cm³/mol. The molecule has 1 aromatic carbocycles. The van der Waals surface area contributed by atoms with Gasteiger partial charge in [-0.2, -0.15) is 5.10 Å². The maximum Gasteiger partial charge on any atom is 0.161 e. The number of nitrogens with one attached hydrogen (secondary N) is 2. The van der Waals surface area contributed by atoms with Crippen LogP contribution in [0.3, 0.4) is 0 Å². The van der Waals surface area contributed by atoms with Crippen molar-refractivity contribution in [3.63, 3.8) is 0 Å². The van der Waals surface area contributed by atoms with Gasteiger partial charge in [-0.15, -0.1) is 0 Å². The molecule has 7 rings (SSSR count). The number of likely N-dealkylation sites (N-methyl/N-ethyl adjacent to an activating group) is 1. The molecule has 5 aromatic rings. The molecule has 2 N–H and O–H groups in total. The van der Waals surface area contributed by atoms with E-state index in [0.29, 0.717) is 11.5 Å². The van der Waals surface area contributed by atoms with E-state index < -0.39 is 0 Å². The average molecular weight is 509 g/mol. The van der Waals surface area contributed by atoms with Gasteiger partial charge in [-0.05, 0) is 63.1 Å². The summed E-state index contributed by atoms with van der Waals surface area (Å²) >= 11 is 0. The first kappa shape index (κ1) is 23.2. The highest BCUT2D eigenvalue weighted by molar-refractivity contribution is 5.95. The zero-order valence-electron chi connectivity index (χ0n) is 21.7. The molecule has 194 valence electrons. The van der Waals surface area contributed by atoms with E-state index in [1.165, 1.54) is 19.3 Å². The van der Waals surface area contributed by atoms with Gasteiger partial charge in [0.05, 0.1) is 34.7 Å². The van der Waals surface area contributed by atoms with Crippen molar-refractivity contribution in [1.82, 2.24) is 35.0 Å². The van der Waals surface area contributed by atoms with Crippen molar-refractivity contribution in [2.75, 3.05) is 38.1 Å². The lowest BCUT2D eigenvalue weighted by Crippen LogP contribution is -2.44. The highest BCUT2D eigenvalue weighted by Gasteiger charge is 2.21. The van der Waals surface area contributed by atoms with Crippen LogP contribution in [0.25, 0.3) is 44.8 Å². The van der Waals surface area contributed by atoms with E-state index in [0.717, 1.165) is 83.8 Å². The second-order valence-electron chi connectivity index (χ2n) is 10.5. The second-order valence-corrected chi connectivity index (χ2v) is 10.5. The molecule has 5 heterocycles.